The van der Waals surface area contributed by atoms with Crippen LogP contribution in [-0.4, -0.2) is 52.2 Å². The number of hydrogen-bond acceptors (Lipinski definition) is 5. The molecule has 0 saturated carbocycles. The van der Waals surface area contributed by atoms with Crippen LogP contribution in [0.3, 0.4) is 0 Å². The molecule has 3 heterocycles. The standard InChI is InChI=1S/C19H22ClN5O2/c1-12(2)18-22-23-19(27-18)25-7-5-24(6-8-25)17(26)9-13-11-21-16-4-3-14(20)10-15(13)16/h3-4,10-12,21H,5-9H2,1-2H3. The summed E-state index contributed by atoms with van der Waals surface area (Å²) in [5, 5.41) is 9.87. The zero-order valence-electron chi connectivity index (χ0n) is 15.4. The third-order valence-corrected chi connectivity index (χ3v) is 5.13. The molecule has 1 N–H and O–H groups in total. The van der Waals surface area contributed by atoms with Gasteiger partial charge in [-0.3, -0.25) is 4.79 Å². The molecule has 1 aliphatic rings. The molecule has 1 fully saturated rings. The summed E-state index contributed by atoms with van der Waals surface area (Å²) in [5.74, 6) is 0.962. The summed E-state index contributed by atoms with van der Waals surface area (Å²) in [5.41, 5.74) is 1.96. The molecular formula is C19H22ClN5O2. The van der Waals surface area contributed by atoms with Gasteiger partial charge in [-0.25, -0.2) is 0 Å². The second-order valence-corrected chi connectivity index (χ2v) is 7.56. The SMILES string of the molecule is CC(C)c1nnc(N2CCN(C(=O)Cc3c[nH]c4ccc(Cl)cc34)CC2)o1. The van der Waals surface area contributed by atoms with Crippen molar-refractivity contribution in [3.05, 3.63) is 40.9 Å². The number of hydrogen-bond donors (Lipinski definition) is 1. The minimum Gasteiger partial charge on any atom is -0.408 e. The van der Waals surface area contributed by atoms with E-state index < -0.39 is 0 Å². The minimum atomic E-state index is 0.115. The van der Waals surface area contributed by atoms with Crippen molar-refractivity contribution in [1.82, 2.24) is 20.1 Å². The molecule has 1 aromatic carbocycles. The van der Waals surface area contributed by atoms with Crippen LogP contribution < -0.4 is 4.90 Å². The fraction of sp³-hybridized carbons (Fsp3) is 0.421. The average Bonchev–Trinajstić information content (AvgIpc) is 3.30. The monoisotopic (exact) mass is 387 g/mol. The van der Waals surface area contributed by atoms with E-state index in [1.165, 1.54) is 0 Å². The zero-order valence-corrected chi connectivity index (χ0v) is 16.2. The summed E-state index contributed by atoms with van der Waals surface area (Å²) >= 11 is 6.09. The molecule has 7 nitrogen and oxygen atoms in total. The number of halogens is 1. The predicted octanol–water partition coefficient (Wildman–Crippen LogP) is 3.22. The fourth-order valence-corrected chi connectivity index (χ4v) is 3.48. The molecule has 0 radical (unpaired) electrons. The second kappa shape index (κ2) is 7.23. The maximum atomic E-state index is 12.7. The molecule has 0 atom stereocenters. The van der Waals surface area contributed by atoms with E-state index >= 15 is 0 Å². The van der Waals surface area contributed by atoms with E-state index in [-0.39, 0.29) is 11.8 Å². The molecule has 142 valence electrons. The van der Waals surface area contributed by atoms with Crippen molar-refractivity contribution >= 4 is 34.4 Å². The van der Waals surface area contributed by atoms with Crippen molar-refractivity contribution in [1.29, 1.82) is 0 Å². The van der Waals surface area contributed by atoms with Gasteiger partial charge < -0.3 is 19.2 Å². The Morgan fingerprint density at radius 3 is 2.74 bits per heavy atom. The highest BCUT2D eigenvalue weighted by molar-refractivity contribution is 6.31. The van der Waals surface area contributed by atoms with Gasteiger partial charge in [-0.15, -0.1) is 5.10 Å². The van der Waals surface area contributed by atoms with Gasteiger partial charge in [0.1, 0.15) is 0 Å². The fourth-order valence-electron chi connectivity index (χ4n) is 3.31. The smallest absolute Gasteiger partial charge is 0.318 e. The highest BCUT2D eigenvalue weighted by Crippen LogP contribution is 2.24. The maximum absolute atomic E-state index is 12.7. The Kier molecular flexibility index (Phi) is 4.78. The summed E-state index contributed by atoms with van der Waals surface area (Å²) in [6.07, 6.45) is 2.25. The lowest BCUT2D eigenvalue weighted by Gasteiger charge is -2.33. The number of benzene rings is 1. The van der Waals surface area contributed by atoms with E-state index in [9.17, 15) is 4.79 Å². The molecule has 27 heavy (non-hydrogen) atoms. The topological polar surface area (TPSA) is 78.3 Å². The lowest BCUT2D eigenvalue weighted by atomic mass is 10.1. The number of carbonyl (C=O) groups excluding carboxylic acids is 1. The first-order valence-electron chi connectivity index (χ1n) is 9.13. The minimum absolute atomic E-state index is 0.115. The Bertz CT molecular complexity index is 956. The van der Waals surface area contributed by atoms with E-state index in [1.807, 2.05) is 48.0 Å². The van der Waals surface area contributed by atoms with Gasteiger partial charge in [-0.05, 0) is 23.8 Å². The van der Waals surface area contributed by atoms with Crippen LogP contribution in [0.1, 0.15) is 31.2 Å². The number of nitrogens with one attached hydrogen (secondary N) is 1. The Balaban J connectivity index is 1.38. The van der Waals surface area contributed by atoms with E-state index in [0.29, 0.717) is 49.5 Å². The van der Waals surface area contributed by atoms with Crippen molar-refractivity contribution in [2.75, 3.05) is 31.1 Å². The number of nitrogens with zero attached hydrogens (tertiary/aromatic N) is 4. The molecule has 1 aliphatic heterocycles. The lowest BCUT2D eigenvalue weighted by Crippen LogP contribution is -2.49. The Morgan fingerprint density at radius 1 is 1.26 bits per heavy atom. The molecule has 0 unspecified atom stereocenters. The predicted molar refractivity (Wildman–Crippen MR) is 104 cm³/mol. The van der Waals surface area contributed by atoms with Gasteiger partial charge in [-0.2, -0.15) is 0 Å². The molecule has 2 aromatic heterocycles. The molecule has 3 aromatic rings. The molecular weight excluding hydrogens is 366 g/mol. The second-order valence-electron chi connectivity index (χ2n) is 7.13. The number of fused-ring (bicyclic) bond motifs is 1. The van der Waals surface area contributed by atoms with Crippen LogP contribution in [-0.2, 0) is 11.2 Å². The van der Waals surface area contributed by atoms with E-state index in [1.54, 1.807) is 0 Å². The van der Waals surface area contributed by atoms with Crippen LogP contribution >= 0.6 is 11.6 Å². The average molecular weight is 388 g/mol. The van der Waals surface area contributed by atoms with Gasteiger partial charge in [0.2, 0.25) is 11.8 Å². The number of aromatic nitrogens is 3. The third-order valence-electron chi connectivity index (χ3n) is 4.90. The Labute approximate surface area is 162 Å². The summed E-state index contributed by atoms with van der Waals surface area (Å²) in [6, 6.07) is 6.21. The number of piperazine rings is 1. The number of aromatic amines is 1. The molecule has 4 rings (SSSR count). The maximum Gasteiger partial charge on any atom is 0.318 e. The summed E-state index contributed by atoms with van der Waals surface area (Å²) < 4.78 is 5.71. The van der Waals surface area contributed by atoms with Crippen LogP contribution in [0, 0.1) is 0 Å². The molecule has 0 spiro atoms. The quantitative estimate of drug-likeness (QED) is 0.743. The largest absolute Gasteiger partial charge is 0.408 e. The molecule has 1 saturated heterocycles. The highest BCUT2D eigenvalue weighted by Gasteiger charge is 2.25. The highest BCUT2D eigenvalue weighted by atomic mass is 35.5. The van der Waals surface area contributed by atoms with Gasteiger partial charge >= 0.3 is 6.01 Å². The van der Waals surface area contributed by atoms with Crippen LogP contribution in [0.2, 0.25) is 5.02 Å². The van der Waals surface area contributed by atoms with Gasteiger partial charge in [0.25, 0.3) is 0 Å². The zero-order chi connectivity index (χ0) is 19.0. The van der Waals surface area contributed by atoms with Crippen LogP contribution in [0.4, 0.5) is 6.01 Å². The normalized spacial score (nSPS) is 15.1. The first-order valence-corrected chi connectivity index (χ1v) is 9.50. The van der Waals surface area contributed by atoms with Crippen molar-refractivity contribution in [3.63, 3.8) is 0 Å². The summed E-state index contributed by atoms with van der Waals surface area (Å²) in [7, 11) is 0. The first-order chi connectivity index (χ1) is 13.0. The van der Waals surface area contributed by atoms with Crippen molar-refractivity contribution < 1.29 is 9.21 Å². The van der Waals surface area contributed by atoms with Crippen LogP contribution in [0.25, 0.3) is 10.9 Å². The van der Waals surface area contributed by atoms with Crippen molar-refractivity contribution in [2.45, 2.75) is 26.2 Å². The summed E-state index contributed by atoms with van der Waals surface area (Å²) in [6.45, 7) is 6.69. The third kappa shape index (κ3) is 3.64. The van der Waals surface area contributed by atoms with Crippen LogP contribution in [0.5, 0.6) is 0 Å². The van der Waals surface area contributed by atoms with Gasteiger partial charge in [-0.1, -0.05) is 30.5 Å². The molecule has 1 amide bonds. The van der Waals surface area contributed by atoms with Gasteiger partial charge in [0, 0.05) is 54.2 Å². The number of amides is 1. The van der Waals surface area contributed by atoms with Gasteiger partial charge in [0.05, 0.1) is 6.42 Å². The van der Waals surface area contributed by atoms with Gasteiger partial charge in [0.15, 0.2) is 0 Å². The number of anilines is 1. The summed E-state index contributed by atoms with van der Waals surface area (Å²) in [4.78, 5) is 19.9. The van der Waals surface area contributed by atoms with E-state index in [0.717, 1.165) is 16.5 Å². The van der Waals surface area contributed by atoms with Crippen molar-refractivity contribution in [2.24, 2.45) is 0 Å². The van der Waals surface area contributed by atoms with Crippen molar-refractivity contribution in [3.8, 4) is 0 Å². The number of H-pyrrole nitrogens is 1. The molecule has 0 bridgehead atoms. The number of rotatable bonds is 4. The Morgan fingerprint density at radius 2 is 2.04 bits per heavy atom. The molecule has 8 heteroatoms. The van der Waals surface area contributed by atoms with E-state index in [2.05, 4.69) is 15.2 Å². The number of carbonyl (C=O) groups is 1. The van der Waals surface area contributed by atoms with Crippen LogP contribution in [0.15, 0.2) is 28.8 Å². The molecule has 0 aliphatic carbocycles. The Hall–Kier alpha value is -2.54. The lowest BCUT2D eigenvalue weighted by molar-refractivity contribution is -0.130. The van der Waals surface area contributed by atoms with E-state index in [4.69, 9.17) is 16.0 Å². The first kappa shape index (κ1) is 17.9.